The number of carbonyl (C=O) groups is 1. The topological polar surface area (TPSA) is 109 Å². The Balaban J connectivity index is 0.00000171. The molecular formula is C21H26Cl2N4O4. The Morgan fingerprint density at radius 2 is 2.00 bits per heavy atom. The Kier molecular flexibility index (Phi) is 8.50. The molecule has 1 amide bonds. The molecule has 0 atom stereocenters. The number of methoxy groups -OCH3 is 1. The van der Waals surface area contributed by atoms with Crippen molar-refractivity contribution in [3.05, 3.63) is 57.4 Å². The number of ether oxygens (including phenoxy) is 1. The van der Waals surface area contributed by atoms with Crippen molar-refractivity contribution in [3.63, 3.8) is 0 Å². The molecule has 1 aromatic carbocycles. The number of H-pyrrole nitrogens is 1. The molecule has 0 saturated carbocycles. The number of aromatic amines is 1. The minimum atomic E-state index is -0.592. The van der Waals surface area contributed by atoms with Gasteiger partial charge in [0.15, 0.2) is 0 Å². The Morgan fingerprint density at radius 1 is 1.26 bits per heavy atom. The van der Waals surface area contributed by atoms with E-state index >= 15 is 0 Å². The Morgan fingerprint density at radius 3 is 2.68 bits per heavy atom. The van der Waals surface area contributed by atoms with Gasteiger partial charge < -0.3 is 24.8 Å². The number of hydrogen-bond acceptors (Lipinski definition) is 6. The minimum Gasteiger partial charge on any atom is -0.497 e. The van der Waals surface area contributed by atoms with Crippen LogP contribution in [0.15, 0.2) is 33.5 Å². The van der Waals surface area contributed by atoms with Gasteiger partial charge in [0.05, 0.1) is 24.7 Å². The van der Waals surface area contributed by atoms with Crippen LogP contribution in [0.25, 0.3) is 11.0 Å². The van der Waals surface area contributed by atoms with Crippen LogP contribution in [-0.2, 0) is 6.54 Å². The van der Waals surface area contributed by atoms with E-state index in [1.165, 1.54) is 0 Å². The number of rotatable bonds is 5. The second-order valence-electron chi connectivity index (χ2n) is 7.27. The zero-order valence-electron chi connectivity index (χ0n) is 17.3. The molecule has 168 valence electrons. The standard InChI is InChI=1S/C21H24N4O4.2ClH/c1-12-9-17(13-5-7-22-8-6-13)29-21(27)19(12)20(26)23-11-18-24-15-4-3-14(28-2)10-16(15)25-18;;/h3-4,9-10,13,22H,5-8,11H2,1-2H3,(H,23,26)(H,24,25);2*1H. The molecule has 1 fully saturated rings. The SMILES string of the molecule is COc1ccc2nc(CNC(=O)c3c(C)cc(C4CCNCC4)oc3=O)[nH]c2c1.Cl.Cl. The van der Waals surface area contributed by atoms with E-state index in [4.69, 9.17) is 9.15 Å². The fourth-order valence-corrected chi connectivity index (χ4v) is 3.72. The maximum Gasteiger partial charge on any atom is 0.349 e. The molecule has 8 nitrogen and oxygen atoms in total. The van der Waals surface area contributed by atoms with E-state index in [0.29, 0.717) is 17.1 Å². The quantitative estimate of drug-likeness (QED) is 0.530. The predicted molar refractivity (Wildman–Crippen MR) is 123 cm³/mol. The van der Waals surface area contributed by atoms with Gasteiger partial charge in [-0.15, -0.1) is 24.8 Å². The molecule has 0 unspecified atom stereocenters. The Bertz CT molecular complexity index is 1110. The summed E-state index contributed by atoms with van der Waals surface area (Å²) in [7, 11) is 1.60. The van der Waals surface area contributed by atoms with Crippen LogP contribution >= 0.6 is 24.8 Å². The van der Waals surface area contributed by atoms with E-state index in [9.17, 15) is 9.59 Å². The second kappa shape index (κ2) is 10.7. The number of amides is 1. The molecule has 1 aliphatic rings. The van der Waals surface area contributed by atoms with Crippen LogP contribution in [0.2, 0.25) is 0 Å². The molecule has 0 radical (unpaired) electrons. The van der Waals surface area contributed by atoms with Crippen LogP contribution in [0.5, 0.6) is 5.75 Å². The highest BCUT2D eigenvalue weighted by molar-refractivity contribution is 5.95. The average molecular weight is 469 g/mol. The van der Waals surface area contributed by atoms with Gasteiger partial charge >= 0.3 is 5.63 Å². The number of hydrogen-bond donors (Lipinski definition) is 3. The number of nitrogens with one attached hydrogen (secondary N) is 3. The summed E-state index contributed by atoms with van der Waals surface area (Å²) in [5, 5.41) is 6.04. The van der Waals surface area contributed by atoms with E-state index in [-0.39, 0.29) is 42.8 Å². The maximum atomic E-state index is 12.6. The van der Waals surface area contributed by atoms with Crippen molar-refractivity contribution in [3.8, 4) is 5.75 Å². The fourth-order valence-electron chi connectivity index (χ4n) is 3.72. The molecule has 1 aliphatic heterocycles. The van der Waals surface area contributed by atoms with Crippen LogP contribution in [0.1, 0.15) is 46.3 Å². The summed E-state index contributed by atoms with van der Waals surface area (Å²) in [5.41, 5.74) is 1.67. The predicted octanol–water partition coefficient (Wildman–Crippen LogP) is 3.07. The average Bonchev–Trinajstić information content (AvgIpc) is 3.14. The van der Waals surface area contributed by atoms with Crippen molar-refractivity contribution in [2.75, 3.05) is 20.2 Å². The summed E-state index contributed by atoms with van der Waals surface area (Å²) in [6.07, 6.45) is 1.84. The number of benzene rings is 1. The van der Waals surface area contributed by atoms with Crippen molar-refractivity contribution in [2.45, 2.75) is 32.2 Å². The smallest absolute Gasteiger partial charge is 0.349 e. The maximum absolute atomic E-state index is 12.6. The van der Waals surface area contributed by atoms with Gasteiger partial charge in [0, 0.05) is 12.0 Å². The molecule has 1 saturated heterocycles. The lowest BCUT2D eigenvalue weighted by Gasteiger charge is -2.21. The van der Waals surface area contributed by atoms with Crippen LogP contribution in [0, 0.1) is 6.92 Å². The van der Waals surface area contributed by atoms with Gasteiger partial charge in [-0.1, -0.05) is 0 Å². The van der Waals surface area contributed by atoms with E-state index in [2.05, 4.69) is 20.6 Å². The second-order valence-corrected chi connectivity index (χ2v) is 7.27. The largest absolute Gasteiger partial charge is 0.497 e. The highest BCUT2D eigenvalue weighted by Crippen LogP contribution is 2.25. The number of nitrogens with zero attached hydrogens (tertiary/aromatic N) is 1. The number of fused-ring (bicyclic) bond motifs is 1. The number of piperidine rings is 1. The lowest BCUT2D eigenvalue weighted by molar-refractivity contribution is 0.0944. The van der Waals surface area contributed by atoms with E-state index in [1.807, 2.05) is 24.3 Å². The summed E-state index contributed by atoms with van der Waals surface area (Å²) in [5.74, 6) is 1.73. The van der Waals surface area contributed by atoms with E-state index < -0.39 is 11.5 Å². The number of aryl methyl sites for hydroxylation is 1. The molecule has 3 N–H and O–H groups in total. The molecule has 4 rings (SSSR count). The van der Waals surface area contributed by atoms with Crippen molar-refractivity contribution < 1.29 is 13.9 Å². The van der Waals surface area contributed by atoms with Crippen LogP contribution < -0.4 is 21.0 Å². The first-order chi connectivity index (χ1) is 14.0. The first-order valence-corrected chi connectivity index (χ1v) is 9.71. The molecule has 3 heterocycles. The van der Waals surface area contributed by atoms with E-state index in [0.717, 1.165) is 42.7 Å². The number of halogens is 2. The lowest BCUT2D eigenvalue weighted by Crippen LogP contribution is -2.31. The highest BCUT2D eigenvalue weighted by Gasteiger charge is 2.22. The molecule has 3 aromatic rings. The number of carbonyl (C=O) groups excluding carboxylic acids is 1. The summed E-state index contributed by atoms with van der Waals surface area (Å²) >= 11 is 0. The first-order valence-electron chi connectivity index (χ1n) is 9.71. The molecule has 31 heavy (non-hydrogen) atoms. The minimum absolute atomic E-state index is 0. The monoisotopic (exact) mass is 468 g/mol. The van der Waals surface area contributed by atoms with Gasteiger partial charge in [0.2, 0.25) is 0 Å². The van der Waals surface area contributed by atoms with Gasteiger partial charge in [0.25, 0.3) is 5.91 Å². The third kappa shape index (κ3) is 5.39. The first kappa shape index (κ1) is 24.7. The van der Waals surface area contributed by atoms with Crippen LogP contribution in [0.4, 0.5) is 0 Å². The van der Waals surface area contributed by atoms with Gasteiger partial charge in [-0.25, -0.2) is 9.78 Å². The van der Waals surface area contributed by atoms with Gasteiger partial charge in [0.1, 0.15) is 22.9 Å². The summed E-state index contributed by atoms with van der Waals surface area (Å²) < 4.78 is 10.7. The third-order valence-electron chi connectivity index (χ3n) is 5.29. The van der Waals surface area contributed by atoms with Crippen LogP contribution in [-0.4, -0.2) is 36.1 Å². The lowest BCUT2D eigenvalue weighted by atomic mass is 9.94. The molecule has 0 spiro atoms. The molecular weight excluding hydrogens is 443 g/mol. The number of imidazole rings is 1. The van der Waals surface area contributed by atoms with Crippen molar-refractivity contribution in [1.29, 1.82) is 0 Å². The zero-order valence-corrected chi connectivity index (χ0v) is 19.0. The van der Waals surface area contributed by atoms with Crippen molar-refractivity contribution >= 4 is 41.8 Å². The van der Waals surface area contributed by atoms with Crippen LogP contribution in [0.3, 0.4) is 0 Å². The highest BCUT2D eigenvalue weighted by atomic mass is 35.5. The Hall–Kier alpha value is -2.55. The summed E-state index contributed by atoms with van der Waals surface area (Å²) in [6, 6.07) is 7.32. The summed E-state index contributed by atoms with van der Waals surface area (Å²) in [6.45, 7) is 3.74. The molecule has 0 aliphatic carbocycles. The van der Waals surface area contributed by atoms with Gasteiger partial charge in [-0.05, 0) is 56.6 Å². The normalized spacial score (nSPS) is 13.9. The molecule has 2 aromatic heterocycles. The zero-order chi connectivity index (χ0) is 20.4. The summed E-state index contributed by atoms with van der Waals surface area (Å²) in [4.78, 5) is 32.7. The van der Waals surface area contributed by atoms with Gasteiger partial charge in [-0.3, -0.25) is 4.79 Å². The fraction of sp³-hybridized carbons (Fsp3) is 0.381. The van der Waals surface area contributed by atoms with Crippen molar-refractivity contribution in [1.82, 2.24) is 20.6 Å². The van der Waals surface area contributed by atoms with E-state index in [1.54, 1.807) is 14.0 Å². The van der Waals surface area contributed by atoms with Gasteiger partial charge in [-0.2, -0.15) is 0 Å². The molecule has 10 heteroatoms. The number of aromatic nitrogens is 2. The molecule has 0 bridgehead atoms. The third-order valence-corrected chi connectivity index (χ3v) is 5.29. The Labute approximate surface area is 192 Å². The van der Waals surface area contributed by atoms with Crippen molar-refractivity contribution in [2.24, 2.45) is 0 Å².